The summed E-state index contributed by atoms with van der Waals surface area (Å²) < 4.78 is 17.8. The molecule has 0 N–H and O–H groups in total. The lowest BCUT2D eigenvalue weighted by atomic mass is 10.2. The van der Waals surface area contributed by atoms with Crippen LogP contribution in [0.2, 0.25) is 0 Å². The van der Waals surface area contributed by atoms with Crippen molar-refractivity contribution < 1.29 is 9.13 Å². The highest BCUT2D eigenvalue weighted by molar-refractivity contribution is 5.29. The monoisotopic (exact) mass is 204 g/mol. The minimum absolute atomic E-state index is 0.141. The van der Waals surface area contributed by atoms with Gasteiger partial charge in [-0.2, -0.15) is 0 Å². The van der Waals surface area contributed by atoms with Crippen LogP contribution in [0.25, 0.3) is 0 Å². The van der Waals surface area contributed by atoms with Gasteiger partial charge in [0.25, 0.3) is 0 Å². The minimum Gasteiger partial charge on any atom is -0.424 e. The summed E-state index contributed by atoms with van der Waals surface area (Å²) in [6.07, 6.45) is 2.14. The molecule has 0 radical (unpaired) electrons. The van der Waals surface area contributed by atoms with Crippen LogP contribution in [-0.4, -0.2) is 9.97 Å². The predicted octanol–water partition coefficient (Wildman–Crippen LogP) is 2.72. The zero-order valence-electron chi connectivity index (χ0n) is 8.14. The predicted molar refractivity (Wildman–Crippen MR) is 53.2 cm³/mol. The van der Waals surface area contributed by atoms with Gasteiger partial charge in [0, 0.05) is 0 Å². The van der Waals surface area contributed by atoms with Crippen LogP contribution < -0.4 is 4.74 Å². The van der Waals surface area contributed by atoms with Crippen molar-refractivity contribution in [3.8, 4) is 11.8 Å². The van der Waals surface area contributed by atoms with Crippen molar-refractivity contribution in [1.82, 2.24) is 9.97 Å². The molecule has 0 fully saturated rings. The van der Waals surface area contributed by atoms with Gasteiger partial charge in [0.15, 0.2) is 5.82 Å². The molecular formula is C11H9FN2O. The van der Waals surface area contributed by atoms with E-state index in [1.165, 1.54) is 0 Å². The molecule has 0 bridgehead atoms. The molecule has 1 heterocycles. The van der Waals surface area contributed by atoms with Crippen molar-refractivity contribution in [2.24, 2.45) is 0 Å². The van der Waals surface area contributed by atoms with Crippen LogP contribution in [0.5, 0.6) is 11.8 Å². The Morgan fingerprint density at radius 2 is 1.93 bits per heavy atom. The summed E-state index contributed by atoms with van der Waals surface area (Å²) in [5, 5.41) is 0. The first kappa shape index (κ1) is 9.58. The lowest BCUT2D eigenvalue weighted by Gasteiger charge is -2.03. The van der Waals surface area contributed by atoms with E-state index in [0.29, 0.717) is 5.75 Å². The molecule has 1 aromatic carbocycles. The minimum atomic E-state index is -0.480. The maximum atomic E-state index is 12.5. The Balaban J connectivity index is 2.18. The molecule has 3 nitrogen and oxygen atoms in total. The number of ether oxygens (including phenoxy) is 1. The van der Waals surface area contributed by atoms with Gasteiger partial charge in [-0.25, -0.2) is 14.4 Å². The normalized spacial score (nSPS) is 10.0. The molecule has 0 aliphatic carbocycles. The second-order valence-corrected chi connectivity index (χ2v) is 3.10. The van der Waals surface area contributed by atoms with Crippen LogP contribution in [0, 0.1) is 12.7 Å². The van der Waals surface area contributed by atoms with Gasteiger partial charge >= 0.3 is 6.01 Å². The summed E-state index contributed by atoms with van der Waals surface area (Å²) in [4.78, 5) is 7.39. The fourth-order valence-electron chi connectivity index (χ4n) is 1.14. The van der Waals surface area contributed by atoms with E-state index in [0.717, 1.165) is 18.0 Å². The van der Waals surface area contributed by atoms with E-state index in [9.17, 15) is 4.39 Å². The maximum absolute atomic E-state index is 12.5. The quantitative estimate of drug-likeness (QED) is 0.754. The highest BCUT2D eigenvalue weighted by atomic mass is 19.1. The number of aromatic nitrogens is 2. The summed E-state index contributed by atoms with van der Waals surface area (Å²) in [5.74, 6) is 0.160. The number of nitrogens with zero attached hydrogens (tertiary/aromatic N) is 2. The van der Waals surface area contributed by atoms with Crippen LogP contribution >= 0.6 is 0 Å². The topological polar surface area (TPSA) is 35.0 Å². The molecule has 1 aromatic heterocycles. The molecule has 0 atom stereocenters. The van der Waals surface area contributed by atoms with E-state index < -0.39 is 5.82 Å². The van der Waals surface area contributed by atoms with Crippen molar-refractivity contribution in [3.05, 3.63) is 48.0 Å². The highest BCUT2D eigenvalue weighted by Gasteiger charge is 2.00. The maximum Gasteiger partial charge on any atom is 0.322 e. The molecule has 0 unspecified atom stereocenters. The van der Waals surface area contributed by atoms with Crippen molar-refractivity contribution in [2.45, 2.75) is 6.92 Å². The number of halogens is 1. The van der Waals surface area contributed by atoms with Crippen molar-refractivity contribution in [3.63, 3.8) is 0 Å². The second kappa shape index (κ2) is 4.04. The molecule has 0 amide bonds. The van der Waals surface area contributed by atoms with Gasteiger partial charge in [-0.05, 0) is 24.6 Å². The van der Waals surface area contributed by atoms with E-state index in [4.69, 9.17) is 4.74 Å². The SMILES string of the molecule is Cc1cccc(Oc2ncc(F)cn2)c1. The van der Waals surface area contributed by atoms with E-state index in [1.807, 2.05) is 25.1 Å². The molecule has 76 valence electrons. The van der Waals surface area contributed by atoms with Crippen LogP contribution in [0.4, 0.5) is 4.39 Å². The fraction of sp³-hybridized carbons (Fsp3) is 0.0909. The first-order chi connectivity index (χ1) is 7.24. The van der Waals surface area contributed by atoms with Crippen LogP contribution in [-0.2, 0) is 0 Å². The lowest BCUT2D eigenvalue weighted by molar-refractivity contribution is 0.436. The number of hydrogen-bond acceptors (Lipinski definition) is 3. The Hall–Kier alpha value is -1.97. The lowest BCUT2D eigenvalue weighted by Crippen LogP contribution is -1.92. The Morgan fingerprint density at radius 3 is 2.60 bits per heavy atom. The molecule has 2 aromatic rings. The Labute approximate surface area is 86.6 Å². The summed E-state index contributed by atoms with van der Waals surface area (Å²) in [6.45, 7) is 1.96. The summed E-state index contributed by atoms with van der Waals surface area (Å²) in [5.41, 5.74) is 1.08. The molecule has 0 saturated heterocycles. The van der Waals surface area contributed by atoms with E-state index in [-0.39, 0.29) is 6.01 Å². The number of rotatable bonds is 2. The third-order valence-corrected chi connectivity index (χ3v) is 1.80. The summed E-state index contributed by atoms with van der Waals surface area (Å²) in [6, 6.07) is 7.61. The number of benzene rings is 1. The third kappa shape index (κ3) is 2.49. The number of aryl methyl sites for hydroxylation is 1. The Kier molecular flexibility index (Phi) is 2.58. The first-order valence-electron chi connectivity index (χ1n) is 4.46. The first-order valence-corrected chi connectivity index (χ1v) is 4.46. The van der Waals surface area contributed by atoms with E-state index in [1.54, 1.807) is 6.07 Å². The number of hydrogen-bond donors (Lipinski definition) is 0. The fourth-order valence-corrected chi connectivity index (χ4v) is 1.14. The van der Waals surface area contributed by atoms with Crippen LogP contribution in [0.15, 0.2) is 36.7 Å². The summed E-state index contributed by atoms with van der Waals surface area (Å²) >= 11 is 0. The molecule has 4 heteroatoms. The average Bonchev–Trinajstić information content (AvgIpc) is 2.22. The molecule has 0 aliphatic rings. The smallest absolute Gasteiger partial charge is 0.322 e. The Morgan fingerprint density at radius 1 is 1.20 bits per heavy atom. The average molecular weight is 204 g/mol. The molecular weight excluding hydrogens is 195 g/mol. The van der Waals surface area contributed by atoms with E-state index in [2.05, 4.69) is 9.97 Å². The van der Waals surface area contributed by atoms with Crippen LogP contribution in [0.1, 0.15) is 5.56 Å². The van der Waals surface area contributed by atoms with Gasteiger partial charge < -0.3 is 4.74 Å². The van der Waals surface area contributed by atoms with Crippen molar-refractivity contribution in [1.29, 1.82) is 0 Å². The molecule has 0 saturated carbocycles. The molecule has 15 heavy (non-hydrogen) atoms. The van der Waals surface area contributed by atoms with Gasteiger partial charge in [0.1, 0.15) is 5.75 Å². The van der Waals surface area contributed by atoms with Crippen molar-refractivity contribution >= 4 is 0 Å². The molecule has 2 rings (SSSR count). The third-order valence-electron chi connectivity index (χ3n) is 1.80. The zero-order valence-corrected chi connectivity index (χ0v) is 8.14. The Bertz CT molecular complexity index is 456. The van der Waals surface area contributed by atoms with E-state index >= 15 is 0 Å². The largest absolute Gasteiger partial charge is 0.424 e. The van der Waals surface area contributed by atoms with Gasteiger partial charge in [-0.3, -0.25) is 0 Å². The van der Waals surface area contributed by atoms with Gasteiger partial charge in [-0.1, -0.05) is 12.1 Å². The van der Waals surface area contributed by atoms with Crippen molar-refractivity contribution in [2.75, 3.05) is 0 Å². The van der Waals surface area contributed by atoms with Gasteiger partial charge in [0.05, 0.1) is 12.4 Å². The molecule has 0 aliphatic heterocycles. The zero-order chi connectivity index (χ0) is 10.7. The van der Waals surface area contributed by atoms with Gasteiger partial charge in [0.2, 0.25) is 0 Å². The highest BCUT2D eigenvalue weighted by Crippen LogP contribution is 2.17. The van der Waals surface area contributed by atoms with Crippen LogP contribution in [0.3, 0.4) is 0 Å². The summed E-state index contributed by atoms with van der Waals surface area (Å²) in [7, 11) is 0. The second-order valence-electron chi connectivity index (χ2n) is 3.10. The standard InChI is InChI=1S/C11H9FN2O/c1-8-3-2-4-10(5-8)15-11-13-6-9(12)7-14-11/h2-7H,1H3. The van der Waals surface area contributed by atoms with Gasteiger partial charge in [-0.15, -0.1) is 0 Å². The molecule has 0 spiro atoms.